The standard InChI is InChI=1S/C14H21NO/c1-4-6-9-15-13(5-2)12-8-7-11(3)10-14(12)16/h7-8,10,16H,4-6,9H2,1-3H3. The molecule has 0 bridgehead atoms. The van der Waals surface area contributed by atoms with Gasteiger partial charge in [0.15, 0.2) is 0 Å². The fourth-order valence-corrected chi connectivity index (χ4v) is 1.65. The van der Waals surface area contributed by atoms with E-state index >= 15 is 0 Å². The molecule has 0 spiro atoms. The predicted molar refractivity (Wildman–Crippen MR) is 69.4 cm³/mol. The lowest BCUT2D eigenvalue weighted by atomic mass is 10.0. The van der Waals surface area contributed by atoms with Crippen LogP contribution in [0.2, 0.25) is 0 Å². The van der Waals surface area contributed by atoms with E-state index in [1.165, 1.54) is 0 Å². The zero-order chi connectivity index (χ0) is 12.0. The van der Waals surface area contributed by atoms with Crippen molar-refractivity contribution in [2.45, 2.75) is 40.0 Å². The van der Waals surface area contributed by atoms with Crippen molar-refractivity contribution in [1.82, 2.24) is 0 Å². The molecule has 1 aromatic carbocycles. The fourth-order valence-electron chi connectivity index (χ4n) is 1.65. The molecule has 1 rings (SSSR count). The minimum atomic E-state index is 0.345. The number of nitrogens with zero attached hydrogens (tertiary/aromatic N) is 1. The summed E-state index contributed by atoms with van der Waals surface area (Å²) in [7, 11) is 0. The van der Waals surface area contributed by atoms with Gasteiger partial charge in [0.2, 0.25) is 0 Å². The molecule has 0 heterocycles. The first-order chi connectivity index (χ1) is 7.69. The first-order valence-corrected chi connectivity index (χ1v) is 6.02. The SMILES string of the molecule is CCCCN=C(CC)c1ccc(C)cc1O. The summed E-state index contributed by atoms with van der Waals surface area (Å²) >= 11 is 0. The molecule has 0 atom stereocenters. The number of aliphatic imine (C=N–C) groups is 1. The average Bonchev–Trinajstić information content (AvgIpc) is 2.26. The molecule has 0 radical (unpaired) electrons. The van der Waals surface area contributed by atoms with Crippen LogP contribution in [0.15, 0.2) is 23.2 Å². The van der Waals surface area contributed by atoms with Gasteiger partial charge in [0.25, 0.3) is 0 Å². The Balaban J connectivity index is 2.90. The Kier molecular flexibility index (Phi) is 5.03. The maximum atomic E-state index is 9.87. The summed E-state index contributed by atoms with van der Waals surface area (Å²) in [5.41, 5.74) is 2.96. The van der Waals surface area contributed by atoms with Gasteiger partial charge in [-0.25, -0.2) is 0 Å². The maximum Gasteiger partial charge on any atom is 0.124 e. The lowest BCUT2D eigenvalue weighted by molar-refractivity contribution is 0.473. The van der Waals surface area contributed by atoms with Gasteiger partial charge in [-0.3, -0.25) is 4.99 Å². The highest BCUT2D eigenvalue weighted by atomic mass is 16.3. The third-order valence-electron chi connectivity index (χ3n) is 2.61. The second-order valence-electron chi connectivity index (χ2n) is 4.06. The maximum absolute atomic E-state index is 9.87. The van der Waals surface area contributed by atoms with Gasteiger partial charge in [-0.15, -0.1) is 0 Å². The van der Waals surface area contributed by atoms with Gasteiger partial charge in [-0.05, 0) is 37.5 Å². The van der Waals surface area contributed by atoms with Gasteiger partial charge in [0.1, 0.15) is 5.75 Å². The molecule has 0 aliphatic carbocycles. The Morgan fingerprint density at radius 2 is 2.06 bits per heavy atom. The number of phenolic OH excluding ortho intramolecular Hbond substituents is 1. The summed E-state index contributed by atoms with van der Waals surface area (Å²) in [5.74, 6) is 0.345. The molecule has 1 aromatic rings. The van der Waals surface area contributed by atoms with Crippen molar-refractivity contribution >= 4 is 5.71 Å². The Bertz CT molecular complexity index is 369. The number of unbranched alkanes of at least 4 members (excludes halogenated alkanes) is 1. The molecule has 0 aliphatic heterocycles. The van der Waals surface area contributed by atoms with Crippen molar-refractivity contribution in [3.8, 4) is 5.75 Å². The van der Waals surface area contributed by atoms with E-state index < -0.39 is 0 Å². The summed E-state index contributed by atoms with van der Waals surface area (Å²) in [6.07, 6.45) is 3.12. The van der Waals surface area contributed by atoms with E-state index in [0.717, 1.165) is 42.6 Å². The lowest BCUT2D eigenvalue weighted by Crippen LogP contribution is -2.01. The molecule has 0 amide bonds. The van der Waals surface area contributed by atoms with Crippen LogP contribution in [0.25, 0.3) is 0 Å². The van der Waals surface area contributed by atoms with Crippen molar-refractivity contribution < 1.29 is 5.11 Å². The molecule has 16 heavy (non-hydrogen) atoms. The van der Waals surface area contributed by atoms with Gasteiger partial charge in [-0.2, -0.15) is 0 Å². The largest absolute Gasteiger partial charge is 0.507 e. The molecule has 0 aliphatic rings. The molecule has 1 N–H and O–H groups in total. The van der Waals surface area contributed by atoms with Crippen LogP contribution in [0, 0.1) is 6.92 Å². The molecule has 88 valence electrons. The molecular formula is C14H21NO. The van der Waals surface area contributed by atoms with E-state index in [0.29, 0.717) is 5.75 Å². The number of phenols is 1. The Morgan fingerprint density at radius 3 is 2.62 bits per heavy atom. The summed E-state index contributed by atoms with van der Waals surface area (Å²) < 4.78 is 0. The van der Waals surface area contributed by atoms with E-state index in [1.54, 1.807) is 6.07 Å². The molecule has 2 nitrogen and oxygen atoms in total. The monoisotopic (exact) mass is 219 g/mol. The molecule has 0 saturated heterocycles. The number of rotatable bonds is 5. The van der Waals surface area contributed by atoms with Gasteiger partial charge >= 0.3 is 0 Å². The summed E-state index contributed by atoms with van der Waals surface area (Å²) in [6, 6.07) is 5.76. The third-order valence-corrected chi connectivity index (χ3v) is 2.61. The van der Waals surface area contributed by atoms with Gasteiger partial charge < -0.3 is 5.11 Å². The normalized spacial score (nSPS) is 11.8. The smallest absolute Gasteiger partial charge is 0.124 e. The van der Waals surface area contributed by atoms with Crippen LogP contribution in [0.3, 0.4) is 0 Å². The van der Waals surface area contributed by atoms with Crippen LogP contribution in [-0.4, -0.2) is 17.4 Å². The fraction of sp³-hybridized carbons (Fsp3) is 0.500. The second-order valence-corrected chi connectivity index (χ2v) is 4.06. The first kappa shape index (κ1) is 12.8. The van der Waals surface area contributed by atoms with Crippen molar-refractivity contribution in [3.63, 3.8) is 0 Å². The van der Waals surface area contributed by atoms with Gasteiger partial charge in [0, 0.05) is 17.8 Å². The van der Waals surface area contributed by atoms with Crippen LogP contribution in [-0.2, 0) is 0 Å². The minimum Gasteiger partial charge on any atom is -0.507 e. The van der Waals surface area contributed by atoms with Crippen LogP contribution in [0.4, 0.5) is 0 Å². The van der Waals surface area contributed by atoms with Crippen molar-refractivity contribution in [3.05, 3.63) is 29.3 Å². The molecule has 2 heteroatoms. The highest BCUT2D eigenvalue weighted by Crippen LogP contribution is 2.20. The third kappa shape index (κ3) is 3.37. The Labute approximate surface area is 98.0 Å². The van der Waals surface area contributed by atoms with E-state index in [2.05, 4.69) is 18.8 Å². The average molecular weight is 219 g/mol. The van der Waals surface area contributed by atoms with Crippen LogP contribution in [0.1, 0.15) is 44.2 Å². The summed E-state index contributed by atoms with van der Waals surface area (Å²) in [6.45, 7) is 7.06. The van der Waals surface area contributed by atoms with E-state index in [9.17, 15) is 5.11 Å². The van der Waals surface area contributed by atoms with Crippen LogP contribution >= 0.6 is 0 Å². The highest BCUT2D eigenvalue weighted by Gasteiger charge is 2.06. The van der Waals surface area contributed by atoms with Gasteiger partial charge in [0.05, 0.1) is 0 Å². The number of aromatic hydroxyl groups is 1. The van der Waals surface area contributed by atoms with Crippen LogP contribution < -0.4 is 0 Å². The predicted octanol–water partition coefficient (Wildman–Crippen LogP) is 3.70. The van der Waals surface area contributed by atoms with E-state index in [4.69, 9.17) is 0 Å². The number of hydrogen-bond donors (Lipinski definition) is 1. The van der Waals surface area contributed by atoms with Crippen molar-refractivity contribution in [1.29, 1.82) is 0 Å². The van der Waals surface area contributed by atoms with Gasteiger partial charge in [-0.1, -0.05) is 26.3 Å². The van der Waals surface area contributed by atoms with E-state index in [-0.39, 0.29) is 0 Å². The topological polar surface area (TPSA) is 32.6 Å². The summed E-state index contributed by atoms with van der Waals surface area (Å²) in [5, 5.41) is 9.87. The molecule has 0 saturated carbocycles. The zero-order valence-corrected chi connectivity index (χ0v) is 10.5. The first-order valence-electron chi connectivity index (χ1n) is 6.02. The lowest BCUT2D eigenvalue weighted by Gasteiger charge is -2.07. The summed E-state index contributed by atoms with van der Waals surface area (Å²) in [4.78, 5) is 4.55. The quantitative estimate of drug-likeness (QED) is 0.594. The highest BCUT2D eigenvalue weighted by molar-refractivity contribution is 6.02. The zero-order valence-electron chi connectivity index (χ0n) is 10.5. The number of aryl methyl sites for hydroxylation is 1. The second kappa shape index (κ2) is 6.31. The Morgan fingerprint density at radius 1 is 1.31 bits per heavy atom. The molecule has 0 aromatic heterocycles. The van der Waals surface area contributed by atoms with Crippen molar-refractivity contribution in [2.75, 3.05) is 6.54 Å². The van der Waals surface area contributed by atoms with Crippen molar-refractivity contribution in [2.24, 2.45) is 4.99 Å². The number of benzene rings is 1. The molecule has 0 fully saturated rings. The molecular weight excluding hydrogens is 198 g/mol. The van der Waals surface area contributed by atoms with Crippen LogP contribution in [0.5, 0.6) is 5.75 Å². The molecule has 0 unspecified atom stereocenters. The Hall–Kier alpha value is -1.31. The minimum absolute atomic E-state index is 0.345. The number of hydrogen-bond acceptors (Lipinski definition) is 2. The van der Waals surface area contributed by atoms with E-state index in [1.807, 2.05) is 19.1 Å².